The smallest absolute Gasteiger partial charge is 0.243 e. The molecule has 1 aliphatic rings. The highest BCUT2D eigenvalue weighted by Gasteiger charge is 2.30. The maximum absolute atomic E-state index is 12.4. The van der Waals surface area contributed by atoms with E-state index in [4.69, 9.17) is 5.73 Å². The van der Waals surface area contributed by atoms with E-state index in [-0.39, 0.29) is 6.04 Å². The molecule has 1 heterocycles. The zero-order valence-corrected chi connectivity index (χ0v) is 11.7. The number of hydrogen-bond acceptors (Lipinski definition) is 3. The molecule has 0 radical (unpaired) electrons. The third-order valence-electron chi connectivity index (χ3n) is 3.41. The Morgan fingerprint density at radius 1 is 1.44 bits per heavy atom. The number of sulfonamides is 1. The van der Waals surface area contributed by atoms with Crippen LogP contribution in [0.15, 0.2) is 29.2 Å². The first kappa shape index (κ1) is 13.5. The predicted octanol–water partition coefficient (Wildman–Crippen LogP) is 1.74. The Balaban J connectivity index is 2.32. The van der Waals surface area contributed by atoms with Crippen molar-refractivity contribution < 1.29 is 8.42 Å². The van der Waals surface area contributed by atoms with E-state index < -0.39 is 10.0 Å². The molecule has 2 N–H and O–H groups in total. The fourth-order valence-electron chi connectivity index (χ4n) is 2.22. The molecule has 2 rings (SSSR count). The van der Waals surface area contributed by atoms with E-state index in [1.54, 1.807) is 22.5 Å². The molecule has 4 nitrogen and oxygen atoms in total. The van der Waals surface area contributed by atoms with Crippen molar-refractivity contribution in [2.45, 2.75) is 31.2 Å². The summed E-state index contributed by atoms with van der Waals surface area (Å²) in [5, 5.41) is 0. The van der Waals surface area contributed by atoms with Gasteiger partial charge in [0.15, 0.2) is 0 Å². The van der Waals surface area contributed by atoms with Gasteiger partial charge in [-0.05, 0) is 37.0 Å². The Labute approximate surface area is 109 Å². The molecule has 1 aromatic rings. The summed E-state index contributed by atoms with van der Waals surface area (Å²) in [6, 6.07) is 6.78. The molecule has 1 aromatic carbocycles. The molecule has 1 saturated heterocycles. The second kappa shape index (κ2) is 4.99. The summed E-state index contributed by atoms with van der Waals surface area (Å²) in [6.07, 6.45) is 0.937. The fraction of sp³-hybridized carbons (Fsp3) is 0.538. The Morgan fingerprint density at radius 2 is 2.17 bits per heavy atom. The minimum absolute atomic E-state index is 0.155. The van der Waals surface area contributed by atoms with Gasteiger partial charge in [0, 0.05) is 19.1 Å². The van der Waals surface area contributed by atoms with E-state index >= 15 is 0 Å². The highest BCUT2D eigenvalue weighted by Crippen LogP contribution is 2.25. The number of hydrogen-bond donors (Lipinski definition) is 1. The normalized spacial score (nSPS) is 23.2. The minimum Gasteiger partial charge on any atom is -0.324 e. The van der Waals surface area contributed by atoms with Crippen LogP contribution < -0.4 is 5.73 Å². The number of nitrogens with zero attached hydrogens (tertiary/aromatic N) is 1. The largest absolute Gasteiger partial charge is 0.324 e. The van der Waals surface area contributed by atoms with Crippen LogP contribution in [0.5, 0.6) is 0 Å². The number of nitrogens with two attached hydrogens (primary N) is 1. The van der Waals surface area contributed by atoms with E-state index in [1.807, 2.05) is 13.0 Å². The first-order chi connectivity index (χ1) is 8.41. The molecule has 1 aliphatic heterocycles. The standard InChI is InChI=1S/C13H20N2O2S/c1-10-6-7-15(9-10)18(16,17)13-5-3-4-12(8-13)11(2)14/h3-5,8,10-11H,6-7,9,14H2,1-2H3. The summed E-state index contributed by atoms with van der Waals surface area (Å²) in [7, 11) is -3.35. The lowest BCUT2D eigenvalue weighted by Gasteiger charge is -2.17. The van der Waals surface area contributed by atoms with Crippen LogP contribution in [0.4, 0.5) is 0 Å². The summed E-state index contributed by atoms with van der Waals surface area (Å²) in [5.41, 5.74) is 6.64. The molecule has 2 atom stereocenters. The molecule has 0 bridgehead atoms. The van der Waals surface area contributed by atoms with Gasteiger partial charge in [0.05, 0.1) is 4.90 Å². The fourth-order valence-corrected chi connectivity index (χ4v) is 3.85. The van der Waals surface area contributed by atoms with Crippen molar-refractivity contribution >= 4 is 10.0 Å². The van der Waals surface area contributed by atoms with Gasteiger partial charge in [-0.15, -0.1) is 0 Å². The van der Waals surface area contributed by atoms with Gasteiger partial charge in [0.1, 0.15) is 0 Å². The Morgan fingerprint density at radius 3 is 2.72 bits per heavy atom. The Kier molecular flexibility index (Phi) is 3.75. The van der Waals surface area contributed by atoms with Crippen molar-refractivity contribution in [1.29, 1.82) is 0 Å². The summed E-state index contributed by atoms with van der Waals surface area (Å²) >= 11 is 0. The van der Waals surface area contributed by atoms with E-state index in [1.165, 1.54) is 0 Å². The molecule has 0 aliphatic carbocycles. The van der Waals surface area contributed by atoms with Crippen molar-refractivity contribution in [3.63, 3.8) is 0 Å². The zero-order valence-electron chi connectivity index (χ0n) is 10.8. The molecule has 1 fully saturated rings. The van der Waals surface area contributed by atoms with Crippen LogP contribution in [0, 0.1) is 5.92 Å². The van der Waals surface area contributed by atoms with Crippen LogP contribution >= 0.6 is 0 Å². The van der Waals surface area contributed by atoms with Gasteiger partial charge in [-0.1, -0.05) is 19.1 Å². The van der Waals surface area contributed by atoms with E-state index in [2.05, 4.69) is 6.92 Å². The van der Waals surface area contributed by atoms with Crippen molar-refractivity contribution in [2.75, 3.05) is 13.1 Å². The van der Waals surface area contributed by atoms with Crippen molar-refractivity contribution in [2.24, 2.45) is 11.7 Å². The van der Waals surface area contributed by atoms with Gasteiger partial charge in [-0.3, -0.25) is 0 Å². The molecule has 100 valence electrons. The number of rotatable bonds is 3. The van der Waals surface area contributed by atoms with Crippen molar-refractivity contribution in [3.8, 4) is 0 Å². The molecule has 0 saturated carbocycles. The van der Waals surface area contributed by atoms with E-state index in [9.17, 15) is 8.42 Å². The maximum atomic E-state index is 12.4. The highest BCUT2D eigenvalue weighted by atomic mass is 32.2. The van der Waals surface area contributed by atoms with Crippen molar-refractivity contribution in [1.82, 2.24) is 4.31 Å². The van der Waals surface area contributed by atoms with Crippen LogP contribution in [-0.2, 0) is 10.0 Å². The third-order valence-corrected chi connectivity index (χ3v) is 5.27. The topological polar surface area (TPSA) is 63.4 Å². The van der Waals surface area contributed by atoms with E-state index in [0.717, 1.165) is 12.0 Å². The summed E-state index contributed by atoms with van der Waals surface area (Å²) in [5.74, 6) is 0.441. The van der Waals surface area contributed by atoms with Gasteiger partial charge >= 0.3 is 0 Å². The van der Waals surface area contributed by atoms with Crippen LogP contribution in [0.3, 0.4) is 0 Å². The second-order valence-corrected chi connectivity index (χ2v) is 7.06. The molecule has 0 aromatic heterocycles. The summed E-state index contributed by atoms with van der Waals surface area (Å²) in [4.78, 5) is 0.353. The second-order valence-electron chi connectivity index (χ2n) is 5.12. The maximum Gasteiger partial charge on any atom is 0.243 e. The SMILES string of the molecule is CC1CCN(S(=O)(=O)c2cccc(C(C)N)c2)C1. The van der Waals surface area contributed by atoms with Gasteiger partial charge in [0.25, 0.3) is 0 Å². The van der Waals surface area contributed by atoms with Gasteiger partial charge in [-0.25, -0.2) is 8.42 Å². The lowest BCUT2D eigenvalue weighted by atomic mass is 10.1. The lowest BCUT2D eigenvalue weighted by molar-refractivity contribution is 0.464. The molecule has 2 unspecified atom stereocenters. The highest BCUT2D eigenvalue weighted by molar-refractivity contribution is 7.89. The molecular weight excluding hydrogens is 248 g/mol. The molecule has 0 spiro atoms. The Hall–Kier alpha value is -0.910. The third kappa shape index (κ3) is 2.58. The number of benzene rings is 1. The zero-order chi connectivity index (χ0) is 13.3. The molecular formula is C13H20N2O2S. The van der Waals surface area contributed by atoms with Gasteiger partial charge in [-0.2, -0.15) is 4.31 Å². The van der Waals surface area contributed by atoms with Crippen LogP contribution in [0.2, 0.25) is 0 Å². The minimum atomic E-state index is -3.35. The monoisotopic (exact) mass is 268 g/mol. The van der Waals surface area contributed by atoms with Gasteiger partial charge < -0.3 is 5.73 Å². The van der Waals surface area contributed by atoms with E-state index in [0.29, 0.717) is 23.9 Å². The average Bonchev–Trinajstić information content (AvgIpc) is 2.77. The Bertz CT molecular complexity index is 526. The summed E-state index contributed by atoms with van der Waals surface area (Å²) in [6.45, 7) is 5.16. The molecule has 0 amide bonds. The predicted molar refractivity (Wildman–Crippen MR) is 71.6 cm³/mol. The van der Waals surface area contributed by atoms with Crippen LogP contribution in [0.25, 0.3) is 0 Å². The van der Waals surface area contributed by atoms with Crippen LogP contribution in [-0.4, -0.2) is 25.8 Å². The first-order valence-corrected chi connectivity index (χ1v) is 7.71. The molecule has 5 heteroatoms. The lowest BCUT2D eigenvalue weighted by Crippen LogP contribution is -2.28. The van der Waals surface area contributed by atoms with Crippen LogP contribution in [0.1, 0.15) is 31.9 Å². The van der Waals surface area contributed by atoms with Gasteiger partial charge in [0.2, 0.25) is 10.0 Å². The quantitative estimate of drug-likeness (QED) is 0.908. The average molecular weight is 268 g/mol. The molecule has 18 heavy (non-hydrogen) atoms. The first-order valence-electron chi connectivity index (χ1n) is 6.27. The summed E-state index contributed by atoms with van der Waals surface area (Å²) < 4.78 is 26.4. The van der Waals surface area contributed by atoms with Crippen molar-refractivity contribution in [3.05, 3.63) is 29.8 Å².